The Morgan fingerprint density at radius 2 is 1.89 bits per heavy atom. The first-order chi connectivity index (χ1) is 9.13. The molecule has 0 heterocycles. The van der Waals surface area contributed by atoms with Gasteiger partial charge in [0, 0.05) is 16.1 Å². The summed E-state index contributed by atoms with van der Waals surface area (Å²) in [5.41, 5.74) is 8.92. The van der Waals surface area contributed by atoms with Gasteiger partial charge >= 0.3 is 0 Å². The van der Waals surface area contributed by atoms with Crippen LogP contribution in [0.3, 0.4) is 0 Å². The number of fused-ring (bicyclic) bond motifs is 1. The van der Waals surface area contributed by atoms with Gasteiger partial charge in [-0.1, -0.05) is 28.8 Å². The van der Waals surface area contributed by atoms with Crippen molar-refractivity contribution in [2.45, 2.75) is 38.6 Å². The molecule has 2 aliphatic carbocycles. The third-order valence-electron chi connectivity index (χ3n) is 5.01. The summed E-state index contributed by atoms with van der Waals surface area (Å²) in [7, 11) is 1.73. The summed E-state index contributed by atoms with van der Waals surface area (Å²) >= 11 is 3.61. The molecule has 1 aromatic carbocycles. The highest BCUT2D eigenvalue weighted by Gasteiger charge is 2.53. The SMILES string of the molecule is COc1cc(C)c(Br)cc1C(N)C1C2CCCCC21. The first kappa shape index (κ1) is 13.4. The van der Waals surface area contributed by atoms with Crippen LogP contribution in [0.15, 0.2) is 16.6 Å². The maximum Gasteiger partial charge on any atom is 0.123 e. The molecule has 0 radical (unpaired) electrons. The van der Waals surface area contributed by atoms with Crippen molar-refractivity contribution in [3.8, 4) is 5.75 Å². The zero-order valence-electron chi connectivity index (χ0n) is 11.7. The van der Waals surface area contributed by atoms with Crippen LogP contribution in [-0.2, 0) is 0 Å². The van der Waals surface area contributed by atoms with E-state index in [2.05, 4.69) is 35.0 Å². The van der Waals surface area contributed by atoms with Crippen molar-refractivity contribution >= 4 is 15.9 Å². The largest absolute Gasteiger partial charge is 0.496 e. The molecule has 0 aromatic heterocycles. The zero-order valence-corrected chi connectivity index (χ0v) is 13.2. The highest BCUT2D eigenvalue weighted by Crippen LogP contribution is 2.60. The molecule has 3 rings (SSSR count). The predicted molar refractivity (Wildman–Crippen MR) is 81.3 cm³/mol. The maximum absolute atomic E-state index is 6.55. The molecule has 2 saturated carbocycles. The number of methoxy groups -OCH3 is 1. The Bertz CT molecular complexity index is 476. The van der Waals surface area contributed by atoms with Crippen LogP contribution in [0, 0.1) is 24.7 Å². The average molecular weight is 324 g/mol. The second kappa shape index (κ2) is 5.10. The highest BCUT2D eigenvalue weighted by molar-refractivity contribution is 9.10. The number of halogens is 1. The highest BCUT2D eigenvalue weighted by atomic mass is 79.9. The van der Waals surface area contributed by atoms with Crippen LogP contribution in [-0.4, -0.2) is 7.11 Å². The summed E-state index contributed by atoms with van der Waals surface area (Å²) < 4.78 is 6.66. The fourth-order valence-corrected chi connectivity index (χ4v) is 4.26. The number of benzene rings is 1. The fourth-order valence-electron chi connectivity index (χ4n) is 3.90. The molecular formula is C16H22BrNO. The van der Waals surface area contributed by atoms with E-state index in [0.717, 1.165) is 22.1 Å². The first-order valence-corrected chi connectivity index (χ1v) is 8.02. The van der Waals surface area contributed by atoms with Crippen molar-refractivity contribution < 1.29 is 4.74 Å². The molecular weight excluding hydrogens is 302 g/mol. The third kappa shape index (κ3) is 2.31. The lowest BCUT2D eigenvalue weighted by atomic mass is 9.98. The Kier molecular flexibility index (Phi) is 3.61. The Morgan fingerprint density at radius 3 is 2.47 bits per heavy atom. The van der Waals surface area contributed by atoms with E-state index in [-0.39, 0.29) is 6.04 Å². The van der Waals surface area contributed by atoms with Crippen LogP contribution >= 0.6 is 15.9 Å². The van der Waals surface area contributed by atoms with Crippen LogP contribution in [0.5, 0.6) is 5.75 Å². The van der Waals surface area contributed by atoms with E-state index in [1.54, 1.807) is 7.11 Å². The molecule has 1 aromatic rings. The maximum atomic E-state index is 6.55. The first-order valence-electron chi connectivity index (χ1n) is 7.23. The fraction of sp³-hybridized carbons (Fsp3) is 0.625. The van der Waals surface area contributed by atoms with E-state index in [4.69, 9.17) is 10.5 Å². The minimum absolute atomic E-state index is 0.125. The summed E-state index contributed by atoms with van der Waals surface area (Å²) in [5, 5.41) is 0. The second-order valence-electron chi connectivity index (χ2n) is 6.06. The lowest BCUT2D eigenvalue weighted by Crippen LogP contribution is -2.15. The van der Waals surface area contributed by atoms with Crippen molar-refractivity contribution in [1.82, 2.24) is 0 Å². The topological polar surface area (TPSA) is 35.2 Å². The molecule has 3 atom stereocenters. The lowest BCUT2D eigenvalue weighted by Gasteiger charge is -2.17. The average Bonchev–Trinajstić information content (AvgIpc) is 3.14. The van der Waals surface area contributed by atoms with Gasteiger partial charge in [-0.15, -0.1) is 0 Å². The van der Waals surface area contributed by atoms with Gasteiger partial charge in [-0.05, 0) is 55.2 Å². The number of nitrogens with two attached hydrogens (primary N) is 1. The molecule has 2 aliphatic rings. The Labute approximate surface area is 123 Å². The number of ether oxygens (including phenoxy) is 1. The summed E-state index contributed by atoms with van der Waals surface area (Å²) in [6.07, 6.45) is 5.52. The minimum atomic E-state index is 0.125. The van der Waals surface area contributed by atoms with Crippen LogP contribution in [0.4, 0.5) is 0 Å². The molecule has 0 amide bonds. The Hall–Kier alpha value is -0.540. The van der Waals surface area contributed by atoms with Crippen LogP contribution in [0.2, 0.25) is 0 Å². The Morgan fingerprint density at radius 1 is 1.26 bits per heavy atom. The van der Waals surface area contributed by atoms with Gasteiger partial charge in [0.05, 0.1) is 7.11 Å². The quantitative estimate of drug-likeness (QED) is 0.904. The van der Waals surface area contributed by atoms with E-state index in [1.165, 1.54) is 36.8 Å². The number of aryl methyl sites for hydroxylation is 1. The van der Waals surface area contributed by atoms with Gasteiger partial charge in [-0.25, -0.2) is 0 Å². The smallest absolute Gasteiger partial charge is 0.123 e. The minimum Gasteiger partial charge on any atom is -0.496 e. The molecule has 3 heteroatoms. The van der Waals surface area contributed by atoms with Crippen LogP contribution in [0.1, 0.15) is 42.9 Å². The number of hydrogen-bond acceptors (Lipinski definition) is 2. The van der Waals surface area contributed by atoms with E-state index in [0.29, 0.717) is 5.92 Å². The van der Waals surface area contributed by atoms with Gasteiger partial charge in [0.1, 0.15) is 5.75 Å². The monoisotopic (exact) mass is 323 g/mol. The van der Waals surface area contributed by atoms with E-state index in [9.17, 15) is 0 Å². The molecule has 2 fully saturated rings. The van der Waals surface area contributed by atoms with Gasteiger partial charge in [0.2, 0.25) is 0 Å². The van der Waals surface area contributed by atoms with Crippen LogP contribution in [0.25, 0.3) is 0 Å². The molecule has 19 heavy (non-hydrogen) atoms. The molecule has 0 saturated heterocycles. The second-order valence-corrected chi connectivity index (χ2v) is 6.91. The van der Waals surface area contributed by atoms with E-state index < -0.39 is 0 Å². The van der Waals surface area contributed by atoms with Gasteiger partial charge in [0.25, 0.3) is 0 Å². The van der Waals surface area contributed by atoms with Gasteiger partial charge in [-0.3, -0.25) is 0 Å². The predicted octanol–water partition coefficient (Wildman–Crippen LogP) is 4.20. The van der Waals surface area contributed by atoms with Gasteiger partial charge in [0.15, 0.2) is 0 Å². The van der Waals surface area contributed by atoms with E-state index >= 15 is 0 Å². The van der Waals surface area contributed by atoms with Gasteiger partial charge in [-0.2, -0.15) is 0 Å². The normalized spacial score (nSPS) is 30.6. The van der Waals surface area contributed by atoms with Crippen molar-refractivity contribution in [3.05, 3.63) is 27.7 Å². The van der Waals surface area contributed by atoms with Crippen molar-refractivity contribution in [3.63, 3.8) is 0 Å². The molecule has 0 bridgehead atoms. The molecule has 0 aliphatic heterocycles. The third-order valence-corrected chi connectivity index (χ3v) is 5.86. The van der Waals surface area contributed by atoms with Crippen molar-refractivity contribution in [2.75, 3.05) is 7.11 Å². The number of rotatable bonds is 3. The molecule has 0 spiro atoms. The van der Waals surface area contributed by atoms with E-state index in [1.807, 2.05) is 0 Å². The summed E-state index contributed by atoms with van der Waals surface area (Å²) in [5.74, 6) is 3.35. The molecule has 2 N–H and O–H groups in total. The van der Waals surface area contributed by atoms with Crippen molar-refractivity contribution in [2.24, 2.45) is 23.5 Å². The van der Waals surface area contributed by atoms with Crippen molar-refractivity contribution in [1.29, 1.82) is 0 Å². The van der Waals surface area contributed by atoms with Crippen LogP contribution < -0.4 is 10.5 Å². The standard InChI is InChI=1S/C16H22BrNO/c1-9-7-14(19-2)12(8-13(9)17)16(18)15-10-5-3-4-6-11(10)15/h7-8,10-11,15-16H,3-6,18H2,1-2H3. The number of hydrogen-bond donors (Lipinski definition) is 1. The summed E-state index contributed by atoms with van der Waals surface area (Å²) in [4.78, 5) is 0. The zero-order chi connectivity index (χ0) is 13.6. The summed E-state index contributed by atoms with van der Waals surface area (Å²) in [6, 6.07) is 4.37. The summed E-state index contributed by atoms with van der Waals surface area (Å²) in [6.45, 7) is 2.08. The molecule has 3 unspecified atom stereocenters. The molecule has 2 nitrogen and oxygen atoms in total. The lowest BCUT2D eigenvalue weighted by molar-refractivity contribution is 0.400. The molecule has 104 valence electrons. The van der Waals surface area contributed by atoms with Gasteiger partial charge < -0.3 is 10.5 Å². The Balaban J connectivity index is 1.87.